The number of carbonyl (C=O) groups excluding carboxylic acids is 1. The van der Waals surface area contributed by atoms with Crippen LogP contribution in [-0.4, -0.2) is 5.91 Å². The highest BCUT2D eigenvalue weighted by molar-refractivity contribution is 5.92. The Balaban J connectivity index is 1.89. The van der Waals surface area contributed by atoms with Crippen LogP contribution in [-0.2, 0) is 4.79 Å². The SMILES string of the molecule is C=C(CC(=O)Nc1ccccc1)Nc1ccc(C)c(F)c1. The lowest BCUT2D eigenvalue weighted by Crippen LogP contribution is -2.14. The average Bonchev–Trinajstić information content (AvgIpc) is 2.43. The van der Waals surface area contributed by atoms with Gasteiger partial charge in [0.1, 0.15) is 5.82 Å². The Kier molecular flexibility index (Phi) is 4.72. The van der Waals surface area contributed by atoms with E-state index in [9.17, 15) is 9.18 Å². The summed E-state index contributed by atoms with van der Waals surface area (Å²) in [6, 6.07) is 14.0. The molecule has 21 heavy (non-hydrogen) atoms. The Morgan fingerprint density at radius 2 is 1.81 bits per heavy atom. The molecule has 0 heterocycles. The van der Waals surface area contributed by atoms with Gasteiger partial charge in [-0.3, -0.25) is 4.79 Å². The van der Waals surface area contributed by atoms with Gasteiger partial charge in [0.2, 0.25) is 5.91 Å². The monoisotopic (exact) mass is 284 g/mol. The summed E-state index contributed by atoms with van der Waals surface area (Å²) in [6.45, 7) is 5.48. The number of hydrogen-bond donors (Lipinski definition) is 2. The van der Waals surface area contributed by atoms with Gasteiger partial charge in [0, 0.05) is 17.1 Å². The molecule has 0 aliphatic rings. The van der Waals surface area contributed by atoms with Crippen LogP contribution in [0.25, 0.3) is 0 Å². The van der Waals surface area contributed by atoms with Crippen LogP contribution in [0.1, 0.15) is 12.0 Å². The fraction of sp³-hybridized carbons (Fsp3) is 0.118. The second-order valence-corrected chi connectivity index (χ2v) is 4.78. The van der Waals surface area contributed by atoms with Gasteiger partial charge >= 0.3 is 0 Å². The molecule has 0 aliphatic heterocycles. The fourth-order valence-electron chi connectivity index (χ4n) is 1.84. The van der Waals surface area contributed by atoms with Crippen molar-refractivity contribution in [1.82, 2.24) is 0 Å². The molecule has 3 nitrogen and oxygen atoms in total. The van der Waals surface area contributed by atoms with Gasteiger partial charge in [0.25, 0.3) is 0 Å². The Bertz CT molecular complexity index is 653. The van der Waals surface area contributed by atoms with Crippen LogP contribution in [0, 0.1) is 12.7 Å². The highest BCUT2D eigenvalue weighted by Crippen LogP contribution is 2.16. The van der Waals surface area contributed by atoms with E-state index < -0.39 is 0 Å². The van der Waals surface area contributed by atoms with E-state index in [1.165, 1.54) is 6.07 Å². The molecule has 0 aromatic heterocycles. The molecule has 0 bridgehead atoms. The topological polar surface area (TPSA) is 41.1 Å². The second-order valence-electron chi connectivity index (χ2n) is 4.78. The van der Waals surface area contributed by atoms with Crippen LogP contribution in [0.3, 0.4) is 0 Å². The third kappa shape index (κ3) is 4.45. The number of carbonyl (C=O) groups is 1. The minimum absolute atomic E-state index is 0.115. The maximum atomic E-state index is 13.4. The van der Waals surface area contributed by atoms with E-state index in [4.69, 9.17) is 0 Å². The molecule has 4 heteroatoms. The maximum Gasteiger partial charge on any atom is 0.230 e. The number of amides is 1. The molecule has 2 N–H and O–H groups in total. The van der Waals surface area contributed by atoms with Crippen LogP contribution in [0.4, 0.5) is 15.8 Å². The Labute approximate surface area is 123 Å². The van der Waals surface area contributed by atoms with E-state index in [1.54, 1.807) is 19.1 Å². The zero-order valence-corrected chi connectivity index (χ0v) is 11.8. The summed E-state index contributed by atoms with van der Waals surface area (Å²) >= 11 is 0. The molecule has 2 rings (SSSR count). The van der Waals surface area contributed by atoms with E-state index in [0.29, 0.717) is 16.9 Å². The first kappa shape index (κ1) is 14.8. The van der Waals surface area contributed by atoms with Crippen molar-refractivity contribution < 1.29 is 9.18 Å². The van der Waals surface area contributed by atoms with Crippen molar-refractivity contribution in [3.63, 3.8) is 0 Å². The van der Waals surface area contributed by atoms with Gasteiger partial charge < -0.3 is 10.6 Å². The van der Waals surface area contributed by atoms with E-state index in [-0.39, 0.29) is 18.1 Å². The number of anilines is 2. The predicted octanol–water partition coefficient (Wildman–Crippen LogP) is 4.09. The van der Waals surface area contributed by atoms with Gasteiger partial charge in [0.05, 0.1) is 6.42 Å². The minimum Gasteiger partial charge on any atom is -0.359 e. The largest absolute Gasteiger partial charge is 0.359 e. The second kappa shape index (κ2) is 6.70. The smallest absolute Gasteiger partial charge is 0.230 e. The number of benzene rings is 2. The number of aryl methyl sites for hydroxylation is 1. The molecule has 2 aromatic carbocycles. The highest BCUT2D eigenvalue weighted by Gasteiger charge is 2.06. The van der Waals surface area contributed by atoms with E-state index in [2.05, 4.69) is 17.2 Å². The zero-order chi connectivity index (χ0) is 15.2. The molecule has 108 valence electrons. The van der Waals surface area contributed by atoms with Crippen LogP contribution in [0.15, 0.2) is 60.8 Å². The van der Waals surface area contributed by atoms with Crippen molar-refractivity contribution in [2.45, 2.75) is 13.3 Å². The lowest BCUT2D eigenvalue weighted by molar-refractivity contribution is -0.115. The van der Waals surface area contributed by atoms with Gasteiger partial charge in [-0.05, 0) is 36.8 Å². The van der Waals surface area contributed by atoms with Crippen LogP contribution in [0.5, 0.6) is 0 Å². The summed E-state index contributed by atoms with van der Waals surface area (Å²) in [4.78, 5) is 11.8. The summed E-state index contributed by atoms with van der Waals surface area (Å²) in [5, 5.41) is 5.70. The molecule has 0 unspecified atom stereocenters. The van der Waals surface area contributed by atoms with Gasteiger partial charge in [-0.1, -0.05) is 30.8 Å². The predicted molar refractivity (Wildman–Crippen MR) is 83.6 cm³/mol. The lowest BCUT2D eigenvalue weighted by atomic mass is 10.2. The first-order valence-corrected chi connectivity index (χ1v) is 6.60. The Morgan fingerprint density at radius 3 is 2.48 bits per heavy atom. The third-order valence-corrected chi connectivity index (χ3v) is 2.92. The molecule has 1 amide bonds. The molecule has 0 aliphatic carbocycles. The number of para-hydroxylation sites is 1. The number of hydrogen-bond acceptors (Lipinski definition) is 2. The molecule has 2 aromatic rings. The summed E-state index contributed by atoms with van der Waals surface area (Å²) in [7, 11) is 0. The number of rotatable bonds is 5. The van der Waals surface area contributed by atoms with Crippen molar-refractivity contribution >= 4 is 17.3 Å². The summed E-state index contributed by atoms with van der Waals surface area (Å²) < 4.78 is 13.4. The zero-order valence-electron chi connectivity index (χ0n) is 11.8. The minimum atomic E-state index is -0.290. The van der Waals surface area contributed by atoms with Crippen molar-refractivity contribution in [3.05, 3.63) is 72.2 Å². The van der Waals surface area contributed by atoms with Gasteiger partial charge in [-0.15, -0.1) is 0 Å². The summed E-state index contributed by atoms with van der Waals surface area (Å²) in [6.07, 6.45) is 0.115. The Hall–Kier alpha value is -2.62. The Morgan fingerprint density at radius 1 is 1.10 bits per heavy atom. The average molecular weight is 284 g/mol. The van der Waals surface area contributed by atoms with Crippen molar-refractivity contribution in [3.8, 4) is 0 Å². The van der Waals surface area contributed by atoms with Crippen molar-refractivity contribution in [2.75, 3.05) is 10.6 Å². The first-order chi connectivity index (χ1) is 10.0. The molecule has 0 fully saturated rings. The normalized spacial score (nSPS) is 10.0. The summed E-state index contributed by atoms with van der Waals surface area (Å²) in [5.41, 5.74) is 2.40. The molecule has 0 spiro atoms. The highest BCUT2D eigenvalue weighted by atomic mass is 19.1. The van der Waals surface area contributed by atoms with Crippen LogP contribution >= 0.6 is 0 Å². The van der Waals surface area contributed by atoms with Crippen molar-refractivity contribution in [2.24, 2.45) is 0 Å². The van der Waals surface area contributed by atoms with Crippen LogP contribution in [0.2, 0.25) is 0 Å². The molecule has 0 atom stereocenters. The van der Waals surface area contributed by atoms with Crippen molar-refractivity contribution in [1.29, 1.82) is 0 Å². The van der Waals surface area contributed by atoms with E-state index in [0.717, 1.165) is 5.69 Å². The molecular weight excluding hydrogens is 267 g/mol. The van der Waals surface area contributed by atoms with Gasteiger partial charge in [0.15, 0.2) is 0 Å². The molecule has 0 saturated heterocycles. The lowest BCUT2D eigenvalue weighted by Gasteiger charge is -2.11. The first-order valence-electron chi connectivity index (χ1n) is 6.60. The maximum absolute atomic E-state index is 13.4. The number of halogens is 1. The molecular formula is C17H17FN2O. The standard InChI is InChI=1S/C17H17FN2O/c1-12-8-9-15(11-16(12)18)19-13(2)10-17(21)20-14-6-4-3-5-7-14/h3-9,11,19H,2,10H2,1H3,(H,20,21). The van der Waals surface area contributed by atoms with Gasteiger partial charge in [-0.2, -0.15) is 0 Å². The van der Waals surface area contributed by atoms with Gasteiger partial charge in [-0.25, -0.2) is 4.39 Å². The molecule has 0 saturated carbocycles. The quantitative estimate of drug-likeness (QED) is 0.868. The van der Waals surface area contributed by atoms with Crippen LogP contribution < -0.4 is 10.6 Å². The summed E-state index contributed by atoms with van der Waals surface area (Å²) in [5.74, 6) is -0.465. The van der Waals surface area contributed by atoms with E-state index in [1.807, 2.05) is 30.3 Å². The molecule has 0 radical (unpaired) electrons. The van der Waals surface area contributed by atoms with E-state index >= 15 is 0 Å². The third-order valence-electron chi connectivity index (χ3n) is 2.92. The fourth-order valence-corrected chi connectivity index (χ4v) is 1.84. The number of nitrogens with one attached hydrogen (secondary N) is 2.